The summed E-state index contributed by atoms with van der Waals surface area (Å²) < 4.78 is 18.7. The number of esters is 1. The lowest BCUT2D eigenvalue weighted by molar-refractivity contribution is -0.311. The quantitative estimate of drug-likeness (QED) is 0.574. The predicted molar refractivity (Wildman–Crippen MR) is 101 cm³/mol. The fraction of sp³-hybridized carbons (Fsp3) is 0.952. The Morgan fingerprint density at radius 2 is 1.64 bits per heavy atom. The van der Waals surface area contributed by atoms with Crippen LogP contribution >= 0.6 is 0 Å². The highest BCUT2D eigenvalue weighted by molar-refractivity contribution is 5.73. The van der Waals surface area contributed by atoms with Gasteiger partial charge in [0.15, 0.2) is 5.79 Å². The van der Waals surface area contributed by atoms with E-state index in [0.717, 1.165) is 0 Å². The molecule has 1 spiro atoms. The lowest BCUT2D eigenvalue weighted by Gasteiger charge is -2.42. The monoisotopic (exact) mass is 400 g/mol. The molecule has 28 heavy (non-hydrogen) atoms. The van der Waals surface area contributed by atoms with Crippen molar-refractivity contribution in [3.63, 3.8) is 0 Å². The zero-order valence-corrected chi connectivity index (χ0v) is 18.0. The van der Waals surface area contributed by atoms with Crippen LogP contribution in [0.15, 0.2) is 0 Å². The number of hydrogen-bond acceptors (Lipinski definition) is 7. The minimum Gasteiger partial charge on any atom is -0.459 e. The number of fused-ring (bicyclic) bond motifs is 2. The van der Waals surface area contributed by atoms with Crippen LogP contribution in [0.25, 0.3) is 0 Å². The Hall–Kier alpha value is -0.730. The summed E-state index contributed by atoms with van der Waals surface area (Å²) in [6, 6.07) is 0. The van der Waals surface area contributed by atoms with Crippen molar-refractivity contribution < 1.29 is 34.3 Å². The third kappa shape index (κ3) is 2.85. The van der Waals surface area contributed by atoms with Gasteiger partial charge in [-0.25, -0.2) is 0 Å². The van der Waals surface area contributed by atoms with Crippen molar-refractivity contribution in [3.8, 4) is 0 Å². The smallest absolute Gasteiger partial charge is 0.311 e. The van der Waals surface area contributed by atoms with Crippen molar-refractivity contribution in [3.05, 3.63) is 0 Å². The average molecular weight is 401 g/mol. The van der Waals surface area contributed by atoms with E-state index in [1.54, 1.807) is 20.8 Å². The zero-order chi connectivity index (χ0) is 21.2. The summed E-state index contributed by atoms with van der Waals surface area (Å²) in [5.41, 5.74) is -2.12. The average Bonchev–Trinajstić information content (AvgIpc) is 3.02. The topological polar surface area (TPSA) is 105 Å². The van der Waals surface area contributed by atoms with Crippen LogP contribution in [0.4, 0.5) is 0 Å². The molecule has 0 aromatic carbocycles. The third-order valence-corrected chi connectivity index (χ3v) is 7.68. The second-order valence-electron chi connectivity index (χ2n) is 9.68. The molecule has 0 aromatic heterocycles. The maximum Gasteiger partial charge on any atom is 0.311 e. The Morgan fingerprint density at radius 1 is 1.04 bits per heavy atom. The van der Waals surface area contributed by atoms with Gasteiger partial charge in [0, 0.05) is 17.8 Å². The van der Waals surface area contributed by atoms with E-state index < -0.39 is 59.2 Å². The van der Waals surface area contributed by atoms with Gasteiger partial charge >= 0.3 is 5.97 Å². The second kappa shape index (κ2) is 6.91. The largest absolute Gasteiger partial charge is 0.459 e. The Morgan fingerprint density at radius 3 is 2.21 bits per heavy atom. The summed E-state index contributed by atoms with van der Waals surface area (Å²) >= 11 is 0. The highest BCUT2D eigenvalue weighted by Gasteiger charge is 2.70. The van der Waals surface area contributed by atoms with Crippen molar-refractivity contribution in [2.45, 2.75) is 103 Å². The van der Waals surface area contributed by atoms with Crippen LogP contribution in [0.1, 0.15) is 61.3 Å². The highest BCUT2D eigenvalue weighted by atomic mass is 16.7. The third-order valence-electron chi connectivity index (χ3n) is 7.68. The predicted octanol–water partition coefficient (Wildman–Crippen LogP) is 1.61. The number of carbonyl (C=O) groups is 1. The molecule has 3 heterocycles. The van der Waals surface area contributed by atoms with Crippen LogP contribution in [-0.4, -0.2) is 62.7 Å². The number of rotatable bonds is 1. The van der Waals surface area contributed by atoms with Gasteiger partial charge in [-0.3, -0.25) is 4.79 Å². The van der Waals surface area contributed by atoms with E-state index >= 15 is 0 Å². The van der Waals surface area contributed by atoms with E-state index in [4.69, 9.17) is 14.2 Å². The fourth-order valence-corrected chi connectivity index (χ4v) is 5.76. The molecule has 3 aliphatic heterocycles. The van der Waals surface area contributed by atoms with Crippen molar-refractivity contribution in [2.75, 3.05) is 0 Å². The molecular formula is C21H36O7. The molecule has 7 nitrogen and oxygen atoms in total. The first-order chi connectivity index (χ1) is 12.8. The van der Waals surface area contributed by atoms with Gasteiger partial charge in [-0.2, -0.15) is 0 Å². The lowest BCUT2D eigenvalue weighted by Crippen LogP contribution is -2.54. The second-order valence-corrected chi connectivity index (χ2v) is 9.68. The molecule has 0 radical (unpaired) electrons. The molecule has 3 fully saturated rings. The fourth-order valence-electron chi connectivity index (χ4n) is 5.76. The van der Waals surface area contributed by atoms with Crippen molar-refractivity contribution in [1.29, 1.82) is 0 Å². The molecule has 3 saturated heterocycles. The van der Waals surface area contributed by atoms with Crippen LogP contribution in [0.3, 0.4) is 0 Å². The zero-order valence-electron chi connectivity index (χ0n) is 18.0. The minimum absolute atomic E-state index is 0.102. The molecule has 1 unspecified atom stereocenters. The van der Waals surface area contributed by atoms with Crippen molar-refractivity contribution in [2.24, 2.45) is 23.7 Å². The first-order valence-electron chi connectivity index (χ1n) is 10.5. The molecule has 7 heteroatoms. The van der Waals surface area contributed by atoms with Gasteiger partial charge < -0.3 is 29.5 Å². The van der Waals surface area contributed by atoms with Crippen LogP contribution < -0.4 is 0 Å². The van der Waals surface area contributed by atoms with Crippen LogP contribution in [0.5, 0.6) is 0 Å². The number of carbonyl (C=O) groups excluding carboxylic acids is 1. The van der Waals surface area contributed by atoms with Crippen molar-refractivity contribution in [1.82, 2.24) is 0 Å². The van der Waals surface area contributed by atoms with E-state index in [9.17, 15) is 20.1 Å². The number of aliphatic hydroxyl groups excluding tert-OH is 3. The molecule has 3 aliphatic rings. The maximum absolute atomic E-state index is 12.8. The molecular weight excluding hydrogens is 364 g/mol. The number of aliphatic hydroxyl groups is 3. The van der Waals surface area contributed by atoms with E-state index in [0.29, 0.717) is 12.8 Å². The molecule has 11 atom stereocenters. The molecule has 3 bridgehead atoms. The lowest BCUT2D eigenvalue weighted by atomic mass is 9.77. The first-order valence-corrected chi connectivity index (χ1v) is 10.5. The standard InChI is InChI=1S/C21H36O7/c1-8-14-20(7)17(24)13(5)21(28-20)10(2)9-19(6,27-21)16(23)11(3)15(22)12(4)18(25)26-14/h10-17,22-24H,8-9H2,1-7H3/t10-,11+,12-,13-,14-,15+,16-,17-,19-,20-,21?/m1/s1. The maximum atomic E-state index is 12.8. The van der Waals surface area contributed by atoms with E-state index in [2.05, 4.69) is 0 Å². The van der Waals surface area contributed by atoms with Gasteiger partial charge in [0.1, 0.15) is 11.7 Å². The van der Waals surface area contributed by atoms with Crippen molar-refractivity contribution >= 4 is 5.97 Å². The van der Waals surface area contributed by atoms with Gasteiger partial charge in [-0.05, 0) is 33.6 Å². The Balaban J connectivity index is 2.13. The number of ether oxygens (including phenoxy) is 3. The van der Waals surface area contributed by atoms with Gasteiger partial charge in [0.05, 0.1) is 29.8 Å². The van der Waals surface area contributed by atoms with Gasteiger partial charge in [0.25, 0.3) is 0 Å². The summed E-state index contributed by atoms with van der Waals surface area (Å²) in [6.45, 7) is 12.6. The van der Waals surface area contributed by atoms with E-state index in [1.807, 2.05) is 27.7 Å². The van der Waals surface area contributed by atoms with Gasteiger partial charge in [-0.1, -0.05) is 27.7 Å². The van der Waals surface area contributed by atoms with E-state index in [-0.39, 0.29) is 11.8 Å². The molecule has 3 N–H and O–H groups in total. The van der Waals surface area contributed by atoms with Crippen LogP contribution in [0, 0.1) is 23.7 Å². The Kier molecular flexibility index (Phi) is 5.42. The molecule has 162 valence electrons. The molecule has 0 saturated carbocycles. The summed E-state index contributed by atoms with van der Waals surface area (Å²) in [5.74, 6) is -3.58. The normalized spacial score (nSPS) is 57.4. The van der Waals surface area contributed by atoms with Gasteiger partial charge in [-0.15, -0.1) is 0 Å². The number of cyclic esters (lactones) is 1. The summed E-state index contributed by atoms with van der Waals surface area (Å²) in [5, 5.41) is 33.0. The first kappa shape index (κ1) is 22.0. The van der Waals surface area contributed by atoms with Crippen LogP contribution in [-0.2, 0) is 19.0 Å². The molecule has 3 rings (SSSR count). The molecule has 0 aliphatic carbocycles. The Bertz CT molecular complexity index is 626. The molecule has 0 aromatic rings. The summed E-state index contributed by atoms with van der Waals surface area (Å²) in [4.78, 5) is 12.8. The van der Waals surface area contributed by atoms with Gasteiger partial charge in [0.2, 0.25) is 0 Å². The SMILES string of the molecule is CC[C@H]1OC(=O)[C@H](C)[C@@H](O)[C@H](C)[C@@H](O)[C@@]2(C)C[C@@H](C)C3(O[C@@]1(C)[C@H](O)[C@H]3C)O2. The summed E-state index contributed by atoms with van der Waals surface area (Å²) in [6.07, 6.45) is -2.73. The highest BCUT2D eigenvalue weighted by Crippen LogP contribution is 2.58. The minimum atomic E-state index is -1.15. The van der Waals surface area contributed by atoms with E-state index in [1.165, 1.54) is 0 Å². The summed E-state index contributed by atoms with van der Waals surface area (Å²) in [7, 11) is 0. The molecule has 0 amide bonds. The van der Waals surface area contributed by atoms with Crippen LogP contribution in [0.2, 0.25) is 0 Å². The number of hydrogen-bond donors (Lipinski definition) is 3. The Labute approximate surface area is 167 Å².